The van der Waals surface area contributed by atoms with Crippen molar-refractivity contribution in [2.24, 2.45) is 5.92 Å². The van der Waals surface area contributed by atoms with Crippen LogP contribution in [0.3, 0.4) is 0 Å². The number of aliphatic hydroxyl groups excluding tert-OH is 1. The van der Waals surface area contributed by atoms with Gasteiger partial charge in [0, 0.05) is 18.6 Å². The molecule has 0 radical (unpaired) electrons. The van der Waals surface area contributed by atoms with Crippen LogP contribution in [0.5, 0.6) is 0 Å². The SMILES string of the molecule is CC(C)(C)OC(=O)NC1CCS(=O)(=O)CCC1CO. The number of amides is 1. The Morgan fingerprint density at radius 2 is 1.89 bits per heavy atom. The van der Waals surface area contributed by atoms with Crippen LogP contribution in [0.25, 0.3) is 0 Å². The van der Waals surface area contributed by atoms with Crippen LogP contribution in [0.1, 0.15) is 33.6 Å². The molecule has 1 rings (SSSR count). The maximum absolute atomic E-state index is 11.7. The van der Waals surface area contributed by atoms with Crippen LogP contribution in [-0.4, -0.2) is 49.4 Å². The topological polar surface area (TPSA) is 92.7 Å². The number of carbonyl (C=O) groups is 1. The van der Waals surface area contributed by atoms with E-state index in [0.29, 0.717) is 12.8 Å². The molecule has 1 saturated heterocycles. The summed E-state index contributed by atoms with van der Waals surface area (Å²) in [6.07, 6.45) is 0.0989. The van der Waals surface area contributed by atoms with E-state index in [9.17, 15) is 18.3 Å². The van der Waals surface area contributed by atoms with Crippen molar-refractivity contribution >= 4 is 15.9 Å². The maximum atomic E-state index is 11.7. The lowest BCUT2D eigenvalue weighted by molar-refractivity contribution is 0.0469. The molecule has 112 valence electrons. The van der Waals surface area contributed by atoms with Gasteiger partial charge in [-0.1, -0.05) is 0 Å². The van der Waals surface area contributed by atoms with E-state index >= 15 is 0 Å². The van der Waals surface area contributed by atoms with Gasteiger partial charge in [0.05, 0.1) is 11.5 Å². The van der Waals surface area contributed by atoms with E-state index < -0.39 is 21.5 Å². The lowest BCUT2D eigenvalue weighted by atomic mass is 9.96. The predicted molar refractivity (Wildman–Crippen MR) is 71.6 cm³/mol. The molecule has 0 aromatic carbocycles. The largest absolute Gasteiger partial charge is 0.444 e. The Labute approximate surface area is 114 Å². The summed E-state index contributed by atoms with van der Waals surface area (Å²) in [5, 5.41) is 12.0. The summed E-state index contributed by atoms with van der Waals surface area (Å²) in [5.74, 6) is -0.154. The Morgan fingerprint density at radius 1 is 1.32 bits per heavy atom. The molecule has 0 spiro atoms. The third-order valence-electron chi connectivity index (χ3n) is 3.05. The maximum Gasteiger partial charge on any atom is 0.407 e. The molecular weight excluding hydrogens is 270 g/mol. The molecule has 0 saturated carbocycles. The second-order valence-electron chi connectivity index (χ2n) is 5.92. The summed E-state index contributed by atoms with van der Waals surface area (Å²) in [7, 11) is -3.07. The van der Waals surface area contributed by atoms with Gasteiger partial charge >= 0.3 is 6.09 Å². The molecule has 0 aromatic rings. The van der Waals surface area contributed by atoms with Gasteiger partial charge in [0.15, 0.2) is 0 Å². The van der Waals surface area contributed by atoms with E-state index in [1.165, 1.54) is 0 Å². The second-order valence-corrected chi connectivity index (χ2v) is 8.23. The van der Waals surface area contributed by atoms with Crippen molar-refractivity contribution < 1.29 is 23.1 Å². The van der Waals surface area contributed by atoms with Crippen molar-refractivity contribution in [2.45, 2.75) is 45.3 Å². The zero-order valence-electron chi connectivity index (χ0n) is 11.7. The standard InChI is InChI=1S/C12H23NO5S/c1-12(2,3)18-11(15)13-10-5-7-19(16,17)6-4-9(10)8-14/h9-10,14H,4-8H2,1-3H3,(H,13,15). The van der Waals surface area contributed by atoms with Crippen molar-refractivity contribution in [3.8, 4) is 0 Å². The van der Waals surface area contributed by atoms with Crippen molar-refractivity contribution in [3.05, 3.63) is 0 Å². The summed E-state index contributed by atoms with van der Waals surface area (Å²) in [6, 6.07) is -0.364. The number of nitrogens with one attached hydrogen (secondary N) is 1. The lowest BCUT2D eigenvalue weighted by Gasteiger charge is -2.26. The van der Waals surface area contributed by atoms with Crippen LogP contribution in [0, 0.1) is 5.92 Å². The molecule has 0 aliphatic carbocycles. The third-order valence-corrected chi connectivity index (χ3v) is 4.76. The van der Waals surface area contributed by atoms with Crippen molar-refractivity contribution in [2.75, 3.05) is 18.1 Å². The number of alkyl carbamates (subject to hydrolysis) is 1. The minimum Gasteiger partial charge on any atom is -0.444 e. The number of sulfone groups is 1. The number of carbonyl (C=O) groups excluding carboxylic acids is 1. The lowest BCUT2D eigenvalue weighted by Crippen LogP contribution is -2.44. The molecule has 2 N–H and O–H groups in total. The van der Waals surface area contributed by atoms with Crippen molar-refractivity contribution in [1.82, 2.24) is 5.32 Å². The Balaban J connectivity index is 2.66. The summed E-state index contributed by atoms with van der Waals surface area (Å²) < 4.78 is 28.3. The van der Waals surface area contributed by atoms with Crippen LogP contribution in [0.2, 0.25) is 0 Å². The molecule has 1 aliphatic rings. The summed E-state index contributed by atoms with van der Waals surface area (Å²) in [4.78, 5) is 11.7. The molecule has 1 fully saturated rings. The fraction of sp³-hybridized carbons (Fsp3) is 0.917. The van der Waals surface area contributed by atoms with Crippen LogP contribution < -0.4 is 5.32 Å². The molecule has 0 aromatic heterocycles. The first kappa shape index (κ1) is 16.2. The first-order valence-corrected chi connectivity index (χ1v) is 8.26. The average molecular weight is 293 g/mol. The summed E-state index contributed by atoms with van der Waals surface area (Å²) in [5.41, 5.74) is -0.602. The quantitative estimate of drug-likeness (QED) is 0.781. The smallest absolute Gasteiger partial charge is 0.407 e. The highest BCUT2D eigenvalue weighted by atomic mass is 32.2. The zero-order chi connectivity index (χ0) is 14.7. The van der Waals surface area contributed by atoms with Gasteiger partial charge < -0.3 is 15.2 Å². The van der Waals surface area contributed by atoms with Gasteiger partial charge in [-0.15, -0.1) is 0 Å². The van der Waals surface area contributed by atoms with Gasteiger partial charge in [-0.2, -0.15) is 0 Å². The van der Waals surface area contributed by atoms with Gasteiger partial charge in [0.1, 0.15) is 15.4 Å². The van der Waals surface area contributed by atoms with Crippen LogP contribution >= 0.6 is 0 Å². The van der Waals surface area contributed by atoms with Gasteiger partial charge in [-0.05, 0) is 33.6 Å². The Kier molecular flexibility index (Phi) is 5.20. The van der Waals surface area contributed by atoms with E-state index in [-0.39, 0.29) is 30.1 Å². The van der Waals surface area contributed by atoms with Crippen LogP contribution in [0.4, 0.5) is 4.79 Å². The Hall–Kier alpha value is -0.820. The third kappa shape index (κ3) is 5.78. The molecule has 19 heavy (non-hydrogen) atoms. The molecule has 6 nitrogen and oxygen atoms in total. The van der Waals surface area contributed by atoms with Crippen molar-refractivity contribution in [3.63, 3.8) is 0 Å². The van der Waals surface area contributed by atoms with Crippen LogP contribution in [0.15, 0.2) is 0 Å². The van der Waals surface area contributed by atoms with E-state index in [0.717, 1.165) is 0 Å². The minimum absolute atomic E-state index is 0.0317. The monoisotopic (exact) mass is 293 g/mol. The van der Waals surface area contributed by atoms with Crippen LogP contribution in [-0.2, 0) is 14.6 Å². The van der Waals surface area contributed by atoms with Gasteiger partial charge in [0.25, 0.3) is 0 Å². The molecule has 2 atom stereocenters. The highest BCUT2D eigenvalue weighted by Gasteiger charge is 2.31. The zero-order valence-corrected chi connectivity index (χ0v) is 12.5. The Morgan fingerprint density at radius 3 is 2.42 bits per heavy atom. The van der Waals surface area contributed by atoms with E-state index in [2.05, 4.69) is 5.32 Å². The second kappa shape index (κ2) is 6.09. The van der Waals surface area contributed by atoms with Crippen molar-refractivity contribution in [1.29, 1.82) is 0 Å². The normalized spacial score (nSPS) is 27.4. The minimum atomic E-state index is -3.07. The fourth-order valence-corrected chi connectivity index (χ4v) is 3.52. The number of ether oxygens (including phenoxy) is 1. The van der Waals surface area contributed by atoms with E-state index in [1.54, 1.807) is 20.8 Å². The molecule has 1 amide bonds. The predicted octanol–water partition coefficient (Wildman–Crippen LogP) is 0.697. The Bertz CT molecular complexity index is 412. The molecule has 7 heteroatoms. The molecule has 0 bridgehead atoms. The van der Waals surface area contributed by atoms with Gasteiger partial charge in [0.2, 0.25) is 0 Å². The highest BCUT2D eigenvalue weighted by Crippen LogP contribution is 2.20. The summed E-state index contributed by atoms with van der Waals surface area (Å²) in [6.45, 7) is 5.13. The molecule has 1 aliphatic heterocycles. The fourth-order valence-electron chi connectivity index (χ4n) is 2.04. The number of aliphatic hydroxyl groups is 1. The highest BCUT2D eigenvalue weighted by molar-refractivity contribution is 7.91. The first-order chi connectivity index (χ1) is 8.63. The summed E-state index contributed by atoms with van der Waals surface area (Å²) >= 11 is 0. The number of rotatable bonds is 2. The molecule has 2 unspecified atom stereocenters. The van der Waals surface area contributed by atoms with E-state index in [4.69, 9.17) is 4.74 Å². The average Bonchev–Trinajstić information content (AvgIpc) is 2.36. The first-order valence-electron chi connectivity index (χ1n) is 6.44. The van der Waals surface area contributed by atoms with Gasteiger partial charge in [-0.3, -0.25) is 0 Å². The molecular formula is C12H23NO5S. The molecule has 1 heterocycles. The van der Waals surface area contributed by atoms with E-state index in [1.807, 2.05) is 0 Å². The number of hydrogen-bond acceptors (Lipinski definition) is 5. The number of hydrogen-bond donors (Lipinski definition) is 2. The van der Waals surface area contributed by atoms with Gasteiger partial charge in [-0.25, -0.2) is 13.2 Å².